The molecule has 1 saturated heterocycles. The lowest BCUT2D eigenvalue weighted by atomic mass is 10.00. The second kappa shape index (κ2) is 7.49. The third-order valence-corrected chi connectivity index (χ3v) is 5.91. The average molecular weight is 428 g/mol. The summed E-state index contributed by atoms with van der Waals surface area (Å²) in [4.78, 5) is 48.5. The Bertz CT molecular complexity index is 1330. The first kappa shape index (κ1) is 19.7. The summed E-state index contributed by atoms with van der Waals surface area (Å²) in [6.45, 7) is 5.19. The van der Waals surface area contributed by atoms with Crippen molar-refractivity contribution in [2.24, 2.45) is 4.99 Å². The Hall–Kier alpha value is -4.20. The van der Waals surface area contributed by atoms with Crippen molar-refractivity contribution < 1.29 is 19.5 Å². The molecule has 2 aliphatic rings. The van der Waals surface area contributed by atoms with Crippen LogP contribution in [0, 0.1) is 0 Å². The van der Waals surface area contributed by atoms with Crippen LogP contribution in [0.3, 0.4) is 0 Å². The van der Waals surface area contributed by atoms with Gasteiger partial charge in [0.05, 0.1) is 16.8 Å². The first-order valence-corrected chi connectivity index (χ1v) is 10.3. The number of para-hydroxylation sites is 1. The number of H-pyrrole nitrogens is 1. The number of ketones is 1. The highest BCUT2D eigenvalue weighted by Crippen LogP contribution is 2.35. The van der Waals surface area contributed by atoms with Crippen LogP contribution in [-0.2, 0) is 4.79 Å². The van der Waals surface area contributed by atoms with Gasteiger partial charge in [-0.2, -0.15) is 0 Å². The first-order valence-electron chi connectivity index (χ1n) is 10.3. The number of carbonyl (C=O) groups is 3. The Labute approximate surface area is 183 Å². The highest BCUT2D eigenvalue weighted by atomic mass is 16.3. The smallest absolute Gasteiger partial charge is 0.254 e. The predicted molar refractivity (Wildman–Crippen MR) is 120 cm³/mol. The SMILES string of the molecule is C=CC(=O)N1CCN(C(=O)c2ccc3c(c2)C(=O)C(c2c(O)[nH]c4ccccc24)=N3)CC1. The molecule has 0 bridgehead atoms. The van der Waals surface area contributed by atoms with Gasteiger partial charge in [-0.3, -0.25) is 14.4 Å². The maximum Gasteiger partial charge on any atom is 0.254 e. The number of benzene rings is 2. The van der Waals surface area contributed by atoms with E-state index in [4.69, 9.17) is 0 Å². The lowest BCUT2D eigenvalue weighted by Gasteiger charge is -2.34. The van der Waals surface area contributed by atoms with Gasteiger partial charge in [0.25, 0.3) is 5.91 Å². The average Bonchev–Trinajstić information content (AvgIpc) is 3.33. The van der Waals surface area contributed by atoms with E-state index in [1.165, 1.54) is 6.08 Å². The molecule has 32 heavy (non-hydrogen) atoms. The molecule has 3 heterocycles. The third-order valence-electron chi connectivity index (χ3n) is 5.91. The van der Waals surface area contributed by atoms with Crippen molar-refractivity contribution in [1.82, 2.24) is 14.8 Å². The summed E-state index contributed by atoms with van der Waals surface area (Å²) in [5.74, 6) is -0.800. The third kappa shape index (κ3) is 3.08. The minimum atomic E-state index is -0.337. The Morgan fingerprint density at radius 3 is 2.53 bits per heavy atom. The molecule has 0 spiro atoms. The van der Waals surface area contributed by atoms with Crippen LogP contribution >= 0.6 is 0 Å². The molecule has 0 radical (unpaired) electrons. The summed E-state index contributed by atoms with van der Waals surface area (Å²) >= 11 is 0. The molecule has 160 valence electrons. The lowest BCUT2D eigenvalue weighted by Crippen LogP contribution is -2.50. The van der Waals surface area contributed by atoms with Crippen molar-refractivity contribution in [3.8, 4) is 5.88 Å². The number of nitrogens with zero attached hydrogens (tertiary/aromatic N) is 3. The molecular formula is C24H20N4O4. The van der Waals surface area contributed by atoms with Gasteiger partial charge in [0.2, 0.25) is 11.7 Å². The van der Waals surface area contributed by atoms with Gasteiger partial charge in [-0.05, 0) is 30.3 Å². The van der Waals surface area contributed by atoms with Gasteiger partial charge in [-0.15, -0.1) is 0 Å². The largest absolute Gasteiger partial charge is 0.494 e. The van der Waals surface area contributed by atoms with E-state index in [1.807, 2.05) is 24.3 Å². The standard InChI is InChI=1S/C24H20N4O4/c1-2-19(29)27-9-11-28(12-10-27)24(32)14-7-8-18-16(13-14)22(30)21(25-18)20-15-5-3-4-6-17(15)26-23(20)31/h2-8,13,26,31H,1,9-12H2. The summed E-state index contributed by atoms with van der Waals surface area (Å²) < 4.78 is 0. The molecule has 0 saturated carbocycles. The quantitative estimate of drug-likeness (QED) is 0.626. The fourth-order valence-corrected chi connectivity index (χ4v) is 4.23. The molecule has 0 aliphatic carbocycles. The number of rotatable bonds is 3. The number of fused-ring (bicyclic) bond motifs is 2. The fraction of sp³-hybridized carbons (Fsp3) is 0.167. The summed E-state index contributed by atoms with van der Waals surface area (Å²) in [6.07, 6.45) is 1.27. The van der Waals surface area contributed by atoms with Crippen LogP contribution in [0.5, 0.6) is 5.88 Å². The predicted octanol–water partition coefficient (Wildman–Crippen LogP) is 2.66. The summed E-state index contributed by atoms with van der Waals surface area (Å²) in [5.41, 5.74) is 2.40. The van der Waals surface area contributed by atoms with Crippen LogP contribution in [0.1, 0.15) is 26.3 Å². The molecule has 1 aromatic heterocycles. The molecule has 2 N–H and O–H groups in total. The van der Waals surface area contributed by atoms with Gasteiger partial charge >= 0.3 is 0 Å². The van der Waals surface area contributed by atoms with Crippen LogP contribution in [0.2, 0.25) is 0 Å². The van der Waals surface area contributed by atoms with Crippen LogP contribution in [0.4, 0.5) is 5.69 Å². The number of piperazine rings is 1. The van der Waals surface area contributed by atoms with Gasteiger partial charge in [0.1, 0.15) is 5.71 Å². The summed E-state index contributed by atoms with van der Waals surface area (Å²) in [5, 5.41) is 11.1. The zero-order valence-electron chi connectivity index (χ0n) is 17.2. The maximum atomic E-state index is 13.2. The minimum Gasteiger partial charge on any atom is -0.494 e. The molecule has 8 heteroatoms. The van der Waals surface area contributed by atoms with Crippen molar-refractivity contribution in [2.75, 3.05) is 26.2 Å². The second-order valence-electron chi connectivity index (χ2n) is 7.74. The molecule has 0 unspecified atom stereocenters. The molecule has 2 aromatic carbocycles. The van der Waals surface area contributed by atoms with Crippen LogP contribution < -0.4 is 0 Å². The molecule has 8 nitrogen and oxygen atoms in total. The van der Waals surface area contributed by atoms with Gasteiger partial charge in [-0.25, -0.2) is 4.99 Å². The van der Waals surface area contributed by atoms with Crippen LogP contribution in [-0.4, -0.2) is 69.4 Å². The van der Waals surface area contributed by atoms with E-state index in [0.717, 1.165) is 0 Å². The Balaban J connectivity index is 1.40. The first-order chi connectivity index (χ1) is 15.5. The number of amides is 2. The Morgan fingerprint density at radius 2 is 1.78 bits per heavy atom. The van der Waals surface area contributed by atoms with Crippen LogP contribution in [0.25, 0.3) is 10.9 Å². The van der Waals surface area contributed by atoms with Crippen molar-refractivity contribution in [3.63, 3.8) is 0 Å². The van der Waals surface area contributed by atoms with E-state index >= 15 is 0 Å². The second-order valence-corrected chi connectivity index (χ2v) is 7.74. The van der Waals surface area contributed by atoms with Crippen molar-refractivity contribution in [3.05, 3.63) is 71.8 Å². The molecule has 1 fully saturated rings. The summed E-state index contributed by atoms with van der Waals surface area (Å²) in [6, 6.07) is 12.1. The summed E-state index contributed by atoms with van der Waals surface area (Å²) in [7, 11) is 0. The number of nitrogens with one attached hydrogen (secondary N) is 1. The number of hydrogen-bond acceptors (Lipinski definition) is 5. The van der Waals surface area contributed by atoms with E-state index in [1.54, 1.807) is 28.0 Å². The van der Waals surface area contributed by atoms with Gasteiger partial charge < -0.3 is 19.9 Å². The molecule has 0 atom stereocenters. The van der Waals surface area contributed by atoms with Crippen LogP contribution in [0.15, 0.2) is 60.1 Å². The number of aromatic hydroxyl groups is 1. The van der Waals surface area contributed by atoms with Crippen molar-refractivity contribution in [1.29, 1.82) is 0 Å². The van der Waals surface area contributed by atoms with Gasteiger partial charge in [0.15, 0.2) is 5.88 Å². The topological polar surface area (TPSA) is 106 Å². The van der Waals surface area contributed by atoms with E-state index in [0.29, 0.717) is 59.5 Å². The maximum absolute atomic E-state index is 13.2. The van der Waals surface area contributed by atoms with E-state index in [9.17, 15) is 19.5 Å². The Morgan fingerprint density at radius 1 is 1.06 bits per heavy atom. The van der Waals surface area contributed by atoms with E-state index < -0.39 is 0 Å². The molecular weight excluding hydrogens is 408 g/mol. The van der Waals surface area contributed by atoms with Gasteiger partial charge in [-0.1, -0.05) is 24.8 Å². The zero-order chi connectivity index (χ0) is 22.4. The Kier molecular flexibility index (Phi) is 4.62. The van der Waals surface area contributed by atoms with Gasteiger partial charge in [0, 0.05) is 42.6 Å². The minimum absolute atomic E-state index is 0.116. The van der Waals surface area contributed by atoms with Crippen molar-refractivity contribution in [2.45, 2.75) is 0 Å². The number of hydrogen-bond donors (Lipinski definition) is 2. The number of aromatic nitrogens is 1. The number of aliphatic imine (C=N–C) groups is 1. The highest BCUT2D eigenvalue weighted by Gasteiger charge is 2.32. The monoisotopic (exact) mass is 428 g/mol. The number of aromatic amines is 1. The molecule has 2 amide bonds. The lowest BCUT2D eigenvalue weighted by molar-refractivity contribution is -0.127. The zero-order valence-corrected chi connectivity index (χ0v) is 17.2. The van der Waals surface area contributed by atoms with E-state index in [-0.39, 0.29) is 29.2 Å². The highest BCUT2D eigenvalue weighted by molar-refractivity contribution is 6.56. The van der Waals surface area contributed by atoms with Crippen molar-refractivity contribution >= 4 is 39.9 Å². The van der Waals surface area contributed by atoms with E-state index in [2.05, 4.69) is 16.6 Å². The number of Topliss-reactive ketones (excluding diaryl/α,β-unsaturated/α-hetero) is 1. The molecule has 5 rings (SSSR count). The fourth-order valence-electron chi connectivity index (χ4n) is 4.23. The molecule has 3 aromatic rings. The number of carbonyl (C=O) groups excluding carboxylic acids is 3. The molecule has 2 aliphatic heterocycles. The normalized spacial score (nSPS) is 15.6.